The molecule has 3 N–H and O–H groups in total. The van der Waals surface area contributed by atoms with E-state index in [0.717, 1.165) is 5.56 Å². The lowest BCUT2D eigenvalue weighted by Gasteiger charge is -2.03. The first-order valence-corrected chi connectivity index (χ1v) is 5.99. The smallest absolute Gasteiger partial charge is 0.271 e. The molecule has 1 amide bonds. The molecule has 0 fully saturated rings. The van der Waals surface area contributed by atoms with E-state index in [1.165, 1.54) is 24.4 Å². The molecule has 5 nitrogen and oxygen atoms in total. The average Bonchev–Trinajstić information content (AvgIpc) is 2.41. The maximum atomic E-state index is 11.9. The van der Waals surface area contributed by atoms with Gasteiger partial charge in [0.25, 0.3) is 5.91 Å². The minimum atomic E-state index is -0.322. The molecule has 102 valence electrons. The molecule has 0 bridgehead atoms. The van der Waals surface area contributed by atoms with E-state index < -0.39 is 0 Å². The van der Waals surface area contributed by atoms with Gasteiger partial charge in [0.15, 0.2) is 0 Å². The summed E-state index contributed by atoms with van der Waals surface area (Å²) >= 11 is 0. The fourth-order valence-corrected chi connectivity index (χ4v) is 1.69. The third-order valence-electron chi connectivity index (χ3n) is 2.77. The Labute approximate surface area is 116 Å². The van der Waals surface area contributed by atoms with Crippen LogP contribution in [0.4, 0.5) is 0 Å². The second-order valence-corrected chi connectivity index (χ2v) is 4.26. The molecule has 0 spiro atoms. The third kappa shape index (κ3) is 3.14. The lowest BCUT2D eigenvalue weighted by atomic mass is 10.1. The van der Waals surface area contributed by atoms with Crippen molar-refractivity contribution < 1.29 is 15.0 Å². The number of amides is 1. The number of carbonyl (C=O) groups is 1. The molecule has 0 radical (unpaired) electrons. The van der Waals surface area contributed by atoms with Gasteiger partial charge in [-0.25, -0.2) is 5.43 Å². The number of hydrazone groups is 1. The van der Waals surface area contributed by atoms with E-state index in [-0.39, 0.29) is 17.4 Å². The third-order valence-corrected chi connectivity index (χ3v) is 2.77. The van der Waals surface area contributed by atoms with Gasteiger partial charge in [-0.05, 0) is 30.7 Å². The molecule has 0 unspecified atom stereocenters. The van der Waals surface area contributed by atoms with E-state index in [4.69, 9.17) is 5.11 Å². The van der Waals surface area contributed by atoms with Gasteiger partial charge < -0.3 is 10.2 Å². The summed E-state index contributed by atoms with van der Waals surface area (Å²) in [5, 5.41) is 22.5. The number of nitrogens with zero attached hydrogens (tertiary/aromatic N) is 1. The van der Waals surface area contributed by atoms with Crippen molar-refractivity contribution in [2.24, 2.45) is 5.10 Å². The molecule has 2 aromatic rings. The Balaban J connectivity index is 2.07. The number of aromatic hydroxyl groups is 2. The van der Waals surface area contributed by atoms with E-state index in [0.29, 0.717) is 11.1 Å². The van der Waals surface area contributed by atoms with Crippen molar-refractivity contribution in [1.82, 2.24) is 5.43 Å². The van der Waals surface area contributed by atoms with Gasteiger partial charge in [-0.2, -0.15) is 5.10 Å². The van der Waals surface area contributed by atoms with Crippen LogP contribution in [0.2, 0.25) is 0 Å². The summed E-state index contributed by atoms with van der Waals surface area (Å²) < 4.78 is 0. The summed E-state index contributed by atoms with van der Waals surface area (Å²) in [6.45, 7) is 1.84. The summed E-state index contributed by atoms with van der Waals surface area (Å²) in [4.78, 5) is 11.9. The van der Waals surface area contributed by atoms with Crippen LogP contribution in [0.1, 0.15) is 21.5 Å². The van der Waals surface area contributed by atoms with Crippen molar-refractivity contribution in [3.63, 3.8) is 0 Å². The number of hydrogen-bond acceptors (Lipinski definition) is 4. The number of carbonyl (C=O) groups excluding carboxylic acids is 1. The normalized spacial score (nSPS) is 10.7. The van der Waals surface area contributed by atoms with E-state index in [1.807, 2.05) is 19.1 Å². The first-order chi connectivity index (χ1) is 9.58. The zero-order valence-corrected chi connectivity index (χ0v) is 10.9. The number of hydrogen-bond donors (Lipinski definition) is 3. The van der Waals surface area contributed by atoms with Crippen LogP contribution >= 0.6 is 0 Å². The largest absolute Gasteiger partial charge is 0.508 e. The SMILES string of the molecule is Cc1ccccc1C(=O)N/N=C/c1ccc(O)cc1O. The summed E-state index contributed by atoms with van der Waals surface area (Å²) in [7, 11) is 0. The molecule has 0 heterocycles. The summed E-state index contributed by atoms with van der Waals surface area (Å²) in [6.07, 6.45) is 1.31. The summed E-state index contributed by atoms with van der Waals surface area (Å²) in [5.41, 5.74) is 4.18. The molecule has 2 aromatic carbocycles. The number of phenols is 2. The first-order valence-electron chi connectivity index (χ1n) is 5.99. The Bertz CT molecular complexity index is 666. The highest BCUT2D eigenvalue weighted by atomic mass is 16.3. The van der Waals surface area contributed by atoms with E-state index in [1.54, 1.807) is 12.1 Å². The van der Waals surface area contributed by atoms with Crippen molar-refractivity contribution in [2.75, 3.05) is 0 Å². The molecule has 0 atom stereocenters. The zero-order valence-electron chi connectivity index (χ0n) is 10.9. The molecule has 0 aliphatic rings. The molecule has 5 heteroatoms. The van der Waals surface area contributed by atoms with Crippen LogP contribution in [0.3, 0.4) is 0 Å². The number of rotatable bonds is 3. The van der Waals surface area contributed by atoms with Gasteiger partial charge >= 0.3 is 0 Å². The fourth-order valence-electron chi connectivity index (χ4n) is 1.69. The van der Waals surface area contributed by atoms with Crippen molar-refractivity contribution in [1.29, 1.82) is 0 Å². The second kappa shape index (κ2) is 5.88. The van der Waals surface area contributed by atoms with Crippen molar-refractivity contribution >= 4 is 12.1 Å². The highest BCUT2D eigenvalue weighted by Gasteiger charge is 2.06. The average molecular weight is 270 g/mol. The molecule has 0 aliphatic heterocycles. The molecular formula is C15H14N2O3. The van der Waals surface area contributed by atoms with Crippen molar-refractivity contribution in [3.05, 3.63) is 59.2 Å². The molecule has 20 heavy (non-hydrogen) atoms. The van der Waals surface area contributed by atoms with E-state index >= 15 is 0 Å². The van der Waals surface area contributed by atoms with Crippen LogP contribution in [0.15, 0.2) is 47.6 Å². The maximum Gasteiger partial charge on any atom is 0.271 e. The minimum Gasteiger partial charge on any atom is -0.508 e. The van der Waals surface area contributed by atoms with Crippen LogP contribution in [-0.4, -0.2) is 22.3 Å². The van der Waals surface area contributed by atoms with Crippen molar-refractivity contribution in [3.8, 4) is 11.5 Å². The predicted octanol–water partition coefficient (Wildman–Crippen LogP) is 2.17. The van der Waals surface area contributed by atoms with Gasteiger partial charge in [-0.1, -0.05) is 18.2 Å². The number of aryl methyl sites for hydroxylation is 1. The van der Waals surface area contributed by atoms with Crippen LogP contribution in [0.25, 0.3) is 0 Å². The molecular weight excluding hydrogens is 256 g/mol. The summed E-state index contributed by atoms with van der Waals surface area (Å²) in [5.74, 6) is -0.472. The monoisotopic (exact) mass is 270 g/mol. The van der Waals surface area contributed by atoms with Gasteiger partial charge in [0.2, 0.25) is 0 Å². The van der Waals surface area contributed by atoms with Crippen LogP contribution in [0, 0.1) is 6.92 Å². The zero-order chi connectivity index (χ0) is 14.5. The van der Waals surface area contributed by atoms with Gasteiger partial charge in [-0.3, -0.25) is 4.79 Å². The molecule has 2 rings (SSSR count). The Hall–Kier alpha value is -2.82. The van der Waals surface area contributed by atoms with Gasteiger partial charge in [-0.15, -0.1) is 0 Å². The predicted molar refractivity (Wildman–Crippen MR) is 76.0 cm³/mol. The van der Waals surface area contributed by atoms with E-state index in [9.17, 15) is 9.90 Å². The van der Waals surface area contributed by atoms with Gasteiger partial charge in [0.05, 0.1) is 6.21 Å². The highest BCUT2D eigenvalue weighted by molar-refractivity contribution is 5.96. The first kappa shape index (κ1) is 13.6. The summed E-state index contributed by atoms with van der Waals surface area (Å²) in [6, 6.07) is 11.3. The molecule has 0 saturated carbocycles. The second-order valence-electron chi connectivity index (χ2n) is 4.26. The quantitative estimate of drug-likeness (QED) is 0.590. The maximum absolute atomic E-state index is 11.9. The van der Waals surface area contributed by atoms with Crippen LogP contribution < -0.4 is 5.43 Å². The Morgan fingerprint density at radius 2 is 1.95 bits per heavy atom. The van der Waals surface area contributed by atoms with Gasteiger partial charge in [0, 0.05) is 17.2 Å². The molecule has 0 saturated heterocycles. The van der Waals surface area contributed by atoms with E-state index in [2.05, 4.69) is 10.5 Å². The lowest BCUT2D eigenvalue weighted by Crippen LogP contribution is -2.18. The Morgan fingerprint density at radius 3 is 2.65 bits per heavy atom. The highest BCUT2D eigenvalue weighted by Crippen LogP contribution is 2.20. The lowest BCUT2D eigenvalue weighted by molar-refractivity contribution is 0.0954. The molecule has 0 aliphatic carbocycles. The standard InChI is InChI=1S/C15H14N2O3/c1-10-4-2-3-5-13(10)15(20)17-16-9-11-6-7-12(18)8-14(11)19/h2-9,18-19H,1H3,(H,17,20)/b16-9+. The number of benzene rings is 2. The van der Waals surface area contributed by atoms with Crippen molar-refractivity contribution in [2.45, 2.75) is 6.92 Å². The van der Waals surface area contributed by atoms with Crippen LogP contribution in [0.5, 0.6) is 11.5 Å². The minimum absolute atomic E-state index is 0.0383. The van der Waals surface area contributed by atoms with Gasteiger partial charge in [0.1, 0.15) is 11.5 Å². The van der Waals surface area contributed by atoms with Crippen LogP contribution in [-0.2, 0) is 0 Å². The Morgan fingerprint density at radius 1 is 1.20 bits per heavy atom. The fraction of sp³-hybridized carbons (Fsp3) is 0.0667. The Kier molecular flexibility index (Phi) is 4.00. The number of nitrogens with one attached hydrogen (secondary N) is 1. The molecule has 0 aromatic heterocycles. The number of phenolic OH excluding ortho intramolecular Hbond substituents is 2. The topological polar surface area (TPSA) is 81.9 Å².